The number of hydrogen-bond donors (Lipinski definition) is 1. The van der Waals surface area contributed by atoms with Crippen LogP contribution in [0.25, 0.3) is 0 Å². The van der Waals surface area contributed by atoms with E-state index in [1.165, 1.54) is 10.4 Å². The minimum absolute atomic E-state index is 0.201. The largest absolute Gasteiger partial charge is 0.355 e. The Bertz CT molecular complexity index is 632. The highest BCUT2D eigenvalue weighted by Gasteiger charge is 2.42. The lowest BCUT2D eigenvalue weighted by Gasteiger charge is -2.28. The van der Waals surface area contributed by atoms with Crippen LogP contribution in [0.1, 0.15) is 36.1 Å². The number of carbonyl (C=O) groups excluding carboxylic acids is 1. The third-order valence-corrected chi connectivity index (χ3v) is 6.19. The Hall–Kier alpha value is -1.13. The van der Waals surface area contributed by atoms with E-state index in [0.717, 1.165) is 35.9 Å². The Kier molecular flexibility index (Phi) is 4.99. The van der Waals surface area contributed by atoms with E-state index in [2.05, 4.69) is 45.5 Å². The summed E-state index contributed by atoms with van der Waals surface area (Å²) in [7, 11) is 0. The average molecular weight is 378 g/mol. The fourth-order valence-electron chi connectivity index (χ4n) is 3.34. The number of amides is 1. The molecule has 1 fully saturated rings. The van der Waals surface area contributed by atoms with E-state index in [-0.39, 0.29) is 11.3 Å². The zero-order chi connectivity index (χ0) is 15.4. The molecular formula is C18H20BrNOS. The van der Waals surface area contributed by atoms with Gasteiger partial charge in [0.1, 0.15) is 0 Å². The molecule has 0 saturated heterocycles. The van der Waals surface area contributed by atoms with Crippen LogP contribution in [-0.4, -0.2) is 12.5 Å². The third-order valence-electron chi connectivity index (χ3n) is 4.50. The van der Waals surface area contributed by atoms with Gasteiger partial charge in [-0.1, -0.05) is 43.2 Å². The van der Waals surface area contributed by atoms with Crippen molar-refractivity contribution < 1.29 is 4.79 Å². The fraction of sp³-hybridized carbons (Fsp3) is 0.389. The van der Waals surface area contributed by atoms with Crippen LogP contribution in [0.5, 0.6) is 0 Å². The summed E-state index contributed by atoms with van der Waals surface area (Å²) in [5.74, 6) is 0.201. The monoisotopic (exact) mass is 377 g/mol. The van der Waals surface area contributed by atoms with Crippen molar-refractivity contribution in [2.24, 2.45) is 0 Å². The van der Waals surface area contributed by atoms with Crippen molar-refractivity contribution in [1.29, 1.82) is 0 Å². The third kappa shape index (κ3) is 3.28. The standard InChI is InChI=1S/C18H20BrNOS/c19-16-9-8-15(22-16)10-13-20-17(21)18(11-4-5-12-18)14-6-2-1-3-7-14/h1-3,6-9H,4-5,10-13H2,(H,20,21). The predicted molar refractivity (Wildman–Crippen MR) is 95.3 cm³/mol. The first kappa shape index (κ1) is 15.8. The molecule has 22 heavy (non-hydrogen) atoms. The van der Waals surface area contributed by atoms with Gasteiger partial charge in [-0.25, -0.2) is 0 Å². The molecule has 0 unspecified atom stereocenters. The highest BCUT2D eigenvalue weighted by Crippen LogP contribution is 2.41. The smallest absolute Gasteiger partial charge is 0.230 e. The maximum atomic E-state index is 12.8. The van der Waals surface area contributed by atoms with E-state index in [1.807, 2.05) is 18.2 Å². The van der Waals surface area contributed by atoms with Crippen LogP contribution in [0.2, 0.25) is 0 Å². The summed E-state index contributed by atoms with van der Waals surface area (Å²) in [5.41, 5.74) is 0.862. The molecule has 3 rings (SSSR count). The molecule has 1 aliphatic carbocycles. The minimum Gasteiger partial charge on any atom is -0.355 e. The first-order chi connectivity index (χ1) is 10.7. The van der Waals surface area contributed by atoms with Gasteiger partial charge < -0.3 is 5.32 Å². The maximum absolute atomic E-state index is 12.8. The predicted octanol–water partition coefficient (Wildman–Crippen LogP) is 4.68. The second-order valence-corrected chi connectivity index (χ2v) is 8.41. The van der Waals surface area contributed by atoms with Gasteiger partial charge in [0.25, 0.3) is 0 Å². The van der Waals surface area contributed by atoms with E-state index in [0.29, 0.717) is 6.54 Å². The van der Waals surface area contributed by atoms with Crippen molar-refractivity contribution in [2.75, 3.05) is 6.54 Å². The number of carbonyl (C=O) groups is 1. The molecule has 0 bridgehead atoms. The van der Waals surface area contributed by atoms with E-state index in [1.54, 1.807) is 11.3 Å². The van der Waals surface area contributed by atoms with Gasteiger partial charge in [-0.05, 0) is 52.9 Å². The van der Waals surface area contributed by atoms with Gasteiger partial charge in [0.05, 0.1) is 9.20 Å². The number of rotatable bonds is 5. The molecule has 116 valence electrons. The first-order valence-electron chi connectivity index (χ1n) is 7.79. The number of thiophene rings is 1. The number of nitrogens with one attached hydrogen (secondary N) is 1. The highest BCUT2D eigenvalue weighted by atomic mass is 79.9. The molecule has 4 heteroatoms. The Balaban J connectivity index is 1.66. The lowest BCUT2D eigenvalue weighted by Crippen LogP contribution is -2.43. The minimum atomic E-state index is -0.308. The van der Waals surface area contributed by atoms with Crippen LogP contribution in [0.15, 0.2) is 46.3 Å². The van der Waals surface area contributed by atoms with Gasteiger partial charge in [-0.2, -0.15) is 0 Å². The SMILES string of the molecule is O=C(NCCc1ccc(Br)s1)C1(c2ccccc2)CCCC1. The summed E-state index contributed by atoms with van der Waals surface area (Å²) in [6.45, 7) is 0.709. The summed E-state index contributed by atoms with van der Waals surface area (Å²) < 4.78 is 1.14. The Labute approximate surface area is 144 Å². The lowest BCUT2D eigenvalue weighted by molar-refractivity contribution is -0.126. The van der Waals surface area contributed by atoms with Crippen LogP contribution < -0.4 is 5.32 Å². The normalized spacial score (nSPS) is 16.6. The van der Waals surface area contributed by atoms with Crippen molar-refractivity contribution >= 4 is 33.2 Å². The van der Waals surface area contributed by atoms with Crippen molar-refractivity contribution in [3.63, 3.8) is 0 Å². The van der Waals surface area contributed by atoms with E-state index >= 15 is 0 Å². The van der Waals surface area contributed by atoms with E-state index < -0.39 is 0 Å². The lowest BCUT2D eigenvalue weighted by atomic mass is 9.78. The molecule has 1 saturated carbocycles. The quantitative estimate of drug-likeness (QED) is 0.804. The number of benzene rings is 1. The maximum Gasteiger partial charge on any atom is 0.230 e. The zero-order valence-electron chi connectivity index (χ0n) is 12.5. The van der Waals surface area contributed by atoms with Crippen LogP contribution in [0.3, 0.4) is 0 Å². The summed E-state index contributed by atoms with van der Waals surface area (Å²) in [6.07, 6.45) is 5.11. The molecule has 0 radical (unpaired) electrons. The molecule has 2 aromatic rings. The summed E-state index contributed by atoms with van der Waals surface area (Å²) in [4.78, 5) is 14.1. The molecule has 1 amide bonds. The molecule has 2 nitrogen and oxygen atoms in total. The van der Waals surface area contributed by atoms with Gasteiger partial charge in [0, 0.05) is 11.4 Å². The molecule has 0 atom stereocenters. The van der Waals surface area contributed by atoms with E-state index in [9.17, 15) is 4.79 Å². The van der Waals surface area contributed by atoms with Crippen LogP contribution in [0, 0.1) is 0 Å². The fourth-order valence-corrected chi connectivity index (χ4v) is 4.82. The van der Waals surface area contributed by atoms with Gasteiger partial charge in [-0.15, -0.1) is 11.3 Å². The molecule has 0 aliphatic heterocycles. The van der Waals surface area contributed by atoms with Gasteiger partial charge >= 0.3 is 0 Å². The number of halogens is 1. The van der Waals surface area contributed by atoms with Gasteiger partial charge in [-0.3, -0.25) is 4.79 Å². The summed E-state index contributed by atoms with van der Waals surface area (Å²) in [6, 6.07) is 14.5. The molecule has 1 N–H and O–H groups in total. The molecule has 1 aromatic carbocycles. The summed E-state index contributed by atoms with van der Waals surface area (Å²) >= 11 is 5.21. The number of hydrogen-bond acceptors (Lipinski definition) is 2. The van der Waals surface area contributed by atoms with Gasteiger partial charge in [0.2, 0.25) is 5.91 Å². The van der Waals surface area contributed by atoms with Crippen molar-refractivity contribution in [1.82, 2.24) is 5.32 Å². The Morgan fingerprint density at radius 1 is 1.14 bits per heavy atom. The molecule has 1 aliphatic rings. The Morgan fingerprint density at radius 2 is 1.86 bits per heavy atom. The van der Waals surface area contributed by atoms with Crippen LogP contribution in [-0.2, 0) is 16.6 Å². The van der Waals surface area contributed by atoms with Crippen LogP contribution in [0.4, 0.5) is 0 Å². The van der Waals surface area contributed by atoms with Crippen molar-refractivity contribution in [2.45, 2.75) is 37.5 Å². The molecule has 1 aromatic heterocycles. The molecule has 1 heterocycles. The van der Waals surface area contributed by atoms with Gasteiger partial charge in [0.15, 0.2) is 0 Å². The van der Waals surface area contributed by atoms with Crippen molar-refractivity contribution in [3.8, 4) is 0 Å². The summed E-state index contributed by atoms with van der Waals surface area (Å²) in [5, 5.41) is 3.17. The van der Waals surface area contributed by atoms with E-state index in [4.69, 9.17) is 0 Å². The topological polar surface area (TPSA) is 29.1 Å². The highest BCUT2D eigenvalue weighted by molar-refractivity contribution is 9.11. The van der Waals surface area contributed by atoms with Crippen molar-refractivity contribution in [3.05, 3.63) is 56.7 Å². The van der Waals surface area contributed by atoms with Crippen LogP contribution >= 0.6 is 27.3 Å². The molecule has 0 spiro atoms. The second-order valence-electron chi connectivity index (χ2n) is 5.87. The first-order valence-corrected chi connectivity index (χ1v) is 9.40. The zero-order valence-corrected chi connectivity index (χ0v) is 14.9. The second kappa shape index (κ2) is 6.97. The molecular weight excluding hydrogens is 358 g/mol. The Morgan fingerprint density at radius 3 is 2.50 bits per heavy atom. The average Bonchev–Trinajstić information content (AvgIpc) is 3.18.